The number of benzene rings is 2. The van der Waals surface area contributed by atoms with E-state index in [1.165, 1.54) is 0 Å². The number of amides is 1. The Balaban J connectivity index is 1.49. The molecule has 0 aliphatic carbocycles. The van der Waals surface area contributed by atoms with Crippen molar-refractivity contribution < 1.29 is 19.4 Å². The van der Waals surface area contributed by atoms with Crippen LogP contribution in [0.4, 0.5) is 0 Å². The Hall–Kier alpha value is -3.38. The van der Waals surface area contributed by atoms with Gasteiger partial charge in [-0.05, 0) is 61.2 Å². The molecule has 1 aromatic heterocycles. The zero-order valence-electron chi connectivity index (χ0n) is 18.1. The van der Waals surface area contributed by atoms with Gasteiger partial charge in [-0.25, -0.2) is 4.79 Å². The number of carbonyl (C=O) groups excluding carboxylic acids is 1. The second kappa shape index (κ2) is 10.5. The Morgan fingerprint density at radius 1 is 1.06 bits per heavy atom. The molecule has 1 unspecified atom stereocenters. The lowest BCUT2D eigenvalue weighted by atomic mass is 10.1. The molecule has 3 aromatic rings. The van der Waals surface area contributed by atoms with Crippen LogP contribution in [0.5, 0.6) is 5.75 Å². The van der Waals surface area contributed by atoms with Crippen LogP contribution in [-0.4, -0.2) is 33.4 Å². The van der Waals surface area contributed by atoms with Gasteiger partial charge >= 0.3 is 5.97 Å². The van der Waals surface area contributed by atoms with Gasteiger partial charge in [0.2, 0.25) is 5.91 Å². The number of likely N-dealkylation sites (tertiary alicyclic amines) is 1. The fourth-order valence-corrected chi connectivity index (χ4v) is 4.23. The minimum atomic E-state index is -1.06. The van der Waals surface area contributed by atoms with E-state index in [1.54, 1.807) is 36.4 Å². The second-order valence-electron chi connectivity index (χ2n) is 8.01. The van der Waals surface area contributed by atoms with E-state index >= 15 is 0 Å². The molecule has 0 spiro atoms. The number of pyridine rings is 1. The number of ether oxygens (including phenoxy) is 1. The minimum absolute atomic E-state index is 0.00573. The Kier molecular flexibility index (Phi) is 7.25. The van der Waals surface area contributed by atoms with Crippen molar-refractivity contribution in [1.82, 2.24) is 9.88 Å². The van der Waals surface area contributed by atoms with Gasteiger partial charge in [0.05, 0.1) is 23.0 Å². The first-order valence-corrected chi connectivity index (χ1v) is 11.3. The van der Waals surface area contributed by atoms with Crippen molar-refractivity contribution in [1.29, 1.82) is 0 Å². The van der Waals surface area contributed by atoms with E-state index in [9.17, 15) is 14.7 Å². The molecule has 0 bridgehead atoms. The summed E-state index contributed by atoms with van der Waals surface area (Å²) in [6.45, 7) is 0.684. The number of aromatic carboxylic acids is 1. The highest BCUT2D eigenvalue weighted by atomic mass is 35.5. The van der Waals surface area contributed by atoms with Crippen LogP contribution in [0.3, 0.4) is 0 Å². The van der Waals surface area contributed by atoms with Gasteiger partial charge in [-0.1, -0.05) is 41.9 Å². The first kappa shape index (κ1) is 22.8. The number of hydrogen-bond donors (Lipinski definition) is 1. The van der Waals surface area contributed by atoms with Gasteiger partial charge in [-0.2, -0.15) is 0 Å². The maximum Gasteiger partial charge on any atom is 0.337 e. The summed E-state index contributed by atoms with van der Waals surface area (Å²) in [5.41, 5.74) is 2.25. The molecule has 7 heteroatoms. The molecule has 1 saturated heterocycles. The van der Waals surface area contributed by atoms with Crippen molar-refractivity contribution in [2.24, 2.45) is 0 Å². The maximum atomic E-state index is 13.0. The van der Waals surface area contributed by atoms with Crippen LogP contribution in [0.25, 0.3) is 0 Å². The zero-order chi connectivity index (χ0) is 23.2. The number of carbonyl (C=O) groups is 2. The summed E-state index contributed by atoms with van der Waals surface area (Å²) in [6.07, 6.45) is 2.81. The average Bonchev–Trinajstić information content (AvgIpc) is 3.33. The molecule has 2 aromatic carbocycles. The largest absolute Gasteiger partial charge is 0.487 e. The van der Waals surface area contributed by atoms with Crippen molar-refractivity contribution in [3.8, 4) is 5.75 Å². The molecule has 1 N–H and O–H groups in total. The summed E-state index contributed by atoms with van der Waals surface area (Å²) < 4.78 is 5.75. The molecule has 33 heavy (non-hydrogen) atoms. The molecule has 4 rings (SSSR count). The first-order valence-electron chi connectivity index (χ1n) is 11.0. The predicted octanol–water partition coefficient (Wildman–Crippen LogP) is 5.31. The fraction of sp³-hybridized carbons (Fsp3) is 0.269. The summed E-state index contributed by atoms with van der Waals surface area (Å²) in [6, 6.07) is 19.9. The molecule has 1 atom stereocenters. The van der Waals surface area contributed by atoms with E-state index in [0.29, 0.717) is 41.5 Å². The monoisotopic (exact) mass is 464 g/mol. The molecule has 1 aliphatic rings. The van der Waals surface area contributed by atoms with Crippen molar-refractivity contribution in [2.45, 2.75) is 38.3 Å². The molecule has 2 heterocycles. The number of carboxylic acid groups (broad SMARTS) is 1. The van der Waals surface area contributed by atoms with Crippen LogP contribution in [-0.2, 0) is 17.8 Å². The van der Waals surface area contributed by atoms with Gasteiger partial charge < -0.3 is 14.7 Å². The third-order valence-corrected chi connectivity index (χ3v) is 6.05. The summed E-state index contributed by atoms with van der Waals surface area (Å²) in [5.74, 6) is -0.406. The number of hydrogen-bond acceptors (Lipinski definition) is 4. The Bertz CT molecular complexity index is 1120. The molecule has 1 fully saturated rings. The van der Waals surface area contributed by atoms with Crippen LogP contribution >= 0.6 is 11.6 Å². The third-order valence-electron chi connectivity index (χ3n) is 5.80. The average molecular weight is 465 g/mol. The minimum Gasteiger partial charge on any atom is -0.487 e. The number of carboxylic acids is 1. The van der Waals surface area contributed by atoms with Crippen LogP contribution in [0, 0.1) is 0 Å². The molecule has 0 radical (unpaired) electrons. The van der Waals surface area contributed by atoms with E-state index in [2.05, 4.69) is 4.98 Å². The molecule has 1 aliphatic heterocycles. The number of rotatable bonds is 8. The number of halogens is 1. The highest BCUT2D eigenvalue weighted by molar-refractivity contribution is 6.30. The van der Waals surface area contributed by atoms with Gasteiger partial charge in [0.25, 0.3) is 0 Å². The Morgan fingerprint density at radius 2 is 1.82 bits per heavy atom. The SMILES string of the molecule is O=C(O)c1ccc(C2CCCN2C(=O)CCc2ccccc2)nc1COc1ccc(Cl)cc1. The lowest BCUT2D eigenvalue weighted by Gasteiger charge is -2.25. The van der Waals surface area contributed by atoms with Crippen LogP contribution in [0.1, 0.15) is 52.6 Å². The van der Waals surface area contributed by atoms with E-state index < -0.39 is 5.97 Å². The number of nitrogens with zero attached hydrogens (tertiary/aromatic N) is 2. The topological polar surface area (TPSA) is 79.7 Å². The molecule has 1 amide bonds. The molecule has 0 saturated carbocycles. The van der Waals surface area contributed by atoms with Crippen molar-refractivity contribution >= 4 is 23.5 Å². The van der Waals surface area contributed by atoms with Gasteiger partial charge in [0.1, 0.15) is 12.4 Å². The molecular weight excluding hydrogens is 440 g/mol. The molecular formula is C26H25ClN2O4. The molecule has 6 nitrogen and oxygen atoms in total. The van der Waals surface area contributed by atoms with Crippen molar-refractivity contribution in [3.05, 3.63) is 94.3 Å². The number of aryl methyl sites for hydroxylation is 1. The quantitative estimate of drug-likeness (QED) is 0.488. The third kappa shape index (κ3) is 5.71. The summed E-state index contributed by atoms with van der Waals surface area (Å²) in [7, 11) is 0. The standard InChI is InChI=1S/C26H25ClN2O4/c27-19-9-11-20(12-10-19)33-17-23-21(26(31)32)13-14-22(28-23)24-7-4-16-29(24)25(30)15-8-18-5-2-1-3-6-18/h1-3,5-6,9-14,24H,4,7-8,15-17H2,(H,31,32). The Labute approximate surface area is 197 Å². The maximum absolute atomic E-state index is 13.0. The van der Waals surface area contributed by atoms with Gasteiger partial charge in [-0.3, -0.25) is 9.78 Å². The van der Waals surface area contributed by atoms with Crippen molar-refractivity contribution in [3.63, 3.8) is 0 Å². The highest BCUT2D eigenvalue weighted by Gasteiger charge is 2.31. The normalized spacial score (nSPS) is 15.4. The first-order chi connectivity index (χ1) is 16.0. The highest BCUT2D eigenvalue weighted by Crippen LogP contribution is 2.32. The van der Waals surface area contributed by atoms with E-state index in [-0.39, 0.29) is 24.1 Å². The second-order valence-corrected chi connectivity index (χ2v) is 8.45. The van der Waals surface area contributed by atoms with E-state index in [0.717, 1.165) is 18.4 Å². The van der Waals surface area contributed by atoms with E-state index in [4.69, 9.17) is 16.3 Å². The lowest BCUT2D eigenvalue weighted by molar-refractivity contribution is -0.132. The van der Waals surface area contributed by atoms with Gasteiger partial charge in [0, 0.05) is 18.0 Å². The summed E-state index contributed by atoms with van der Waals surface area (Å²) in [4.78, 5) is 31.2. The predicted molar refractivity (Wildman–Crippen MR) is 125 cm³/mol. The zero-order valence-corrected chi connectivity index (χ0v) is 18.9. The fourth-order valence-electron chi connectivity index (χ4n) is 4.10. The molecule has 170 valence electrons. The smallest absolute Gasteiger partial charge is 0.337 e. The van der Waals surface area contributed by atoms with Crippen LogP contribution in [0.15, 0.2) is 66.7 Å². The van der Waals surface area contributed by atoms with Gasteiger partial charge in [-0.15, -0.1) is 0 Å². The lowest BCUT2D eigenvalue weighted by Crippen LogP contribution is -2.31. The summed E-state index contributed by atoms with van der Waals surface area (Å²) in [5, 5.41) is 10.2. The summed E-state index contributed by atoms with van der Waals surface area (Å²) >= 11 is 5.91. The van der Waals surface area contributed by atoms with Crippen molar-refractivity contribution in [2.75, 3.05) is 6.54 Å². The van der Waals surface area contributed by atoms with Crippen LogP contribution in [0.2, 0.25) is 5.02 Å². The van der Waals surface area contributed by atoms with Gasteiger partial charge in [0.15, 0.2) is 0 Å². The Morgan fingerprint density at radius 3 is 2.55 bits per heavy atom. The number of aromatic nitrogens is 1. The van der Waals surface area contributed by atoms with Crippen LogP contribution < -0.4 is 4.74 Å². The van der Waals surface area contributed by atoms with E-state index in [1.807, 2.05) is 35.2 Å².